The molecular weight excluding hydrogens is 388 g/mol. The van der Waals surface area contributed by atoms with E-state index in [1.54, 1.807) is 0 Å². The molecular formula is C30H24N2. The number of benzene rings is 3. The molecule has 2 heteroatoms. The standard InChI is InChI=1S/C30H24N2/c1-3-11-21(12-4-1)31-27-17-9-7-15-23(27)25-19-20-26-24-16-8-10-18-28(24)32(30(26)29(25)31)22-13-5-2-6-14-22/h1-5,7,9,11-13,15-20H,6,8,10,14H2. The van der Waals surface area contributed by atoms with Crippen molar-refractivity contribution in [2.75, 3.05) is 0 Å². The van der Waals surface area contributed by atoms with Crippen LogP contribution < -0.4 is 10.6 Å². The van der Waals surface area contributed by atoms with Crippen molar-refractivity contribution in [3.63, 3.8) is 0 Å². The van der Waals surface area contributed by atoms with Crippen molar-refractivity contribution in [1.82, 2.24) is 9.13 Å². The fourth-order valence-electron chi connectivity index (χ4n) is 5.65. The van der Waals surface area contributed by atoms with Crippen LogP contribution in [0.25, 0.3) is 56.2 Å². The Morgan fingerprint density at radius 3 is 2.28 bits per heavy atom. The lowest BCUT2D eigenvalue weighted by molar-refractivity contribution is 0.935. The van der Waals surface area contributed by atoms with Gasteiger partial charge in [-0.3, -0.25) is 0 Å². The predicted molar refractivity (Wildman–Crippen MR) is 136 cm³/mol. The molecule has 2 nitrogen and oxygen atoms in total. The highest BCUT2D eigenvalue weighted by atomic mass is 15.0. The van der Waals surface area contributed by atoms with Gasteiger partial charge in [-0.2, -0.15) is 0 Å². The molecule has 2 aromatic heterocycles. The van der Waals surface area contributed by atoms with E-state index in [2.05, 4.69) is 106 Å². The first kappa shape index (κ1) is 17.9. The molecule has 0 atom stereocenters. The van der Waals surface area contributed by atoms with Crippen molar-refractivity contribution in [1.29, 1.82) is 0 Å². The van der Waals surface area contributed by atoms with Crippen LogP contribution in [0.5, 0.6) is 0 Å². The van der Waals surface area contributed by atoms with E-state index in [4.69, 9.17) is 0 Å². The van der Waals surface area contributed by atoms with Crippen LogP contribution in [-0.4, -0.2) is 9.13 Å². The van der Waals surface area contributed by atoms with Crippen molar-refractivity contribution in [3.05, 3.63) is 95.5 Å². The minimum atomic E-state index is 1.07. The first-order chi connectivity index (χ1) is 15.9. The minimum absolute atomic E-state index is 1.07. The molecule has 154 valence electrons. The summed E-state index contributed by atoms with van der Waals surface area (Å²) in [5, 5.41) is 6.75. The van der Waals surface area contributed by atoms with Crippen LogP contribution in [0.1, 0.15) is 25.7 Å². The highest BCUT2D eigenvalue weighted by Crippen LogP contribution is 2.37. The lowest BCUT2D eigenvalue weighted by Crippen LogP contribution is -2.30. The zero-order valence-electron chi connectivity index (χ0n) is 18.0. The van der Waals surface area contributed by atoms with E-state index in [9.17, 15) is 0 Å². The SMILES string of the molecule is C1=CCCC(n2c3c(c4ccc5c6ccccc6n(-c6ccccc6)c5c42)=CCCC=3)=C1. The van der Waals surface area contributed by atoms with Gasteiger partial charge in [-0.05, 0) is 50.0 Å². The van der Waals surface area contributed by atoms with Crippen LogP contribution in [0.3, 0.4) is 0 Å². The van der Waals surface area contributed by atoms with E-state index in [-0.39, 0.29) is 0 Å². The largest absolute Gasteiger partial charge is 0.311 e. The molecule has 0 amide bonds. The van der Waals surface area contributed by atoms with Gasteiger partial charge in [0.15, 0.2) is 0 Å². The third-order valence-electron chi connectivity index (χ3n) is 6.99. The zero-order chi connectivity index (χ0) is 21.1. The van der Waals surface area contributed by atoms with Crippen LogP contribution in [0, 0.1) is 0 Å². The van der Waals surface area contributed by atoms with Gasteiger partial charge in [0.1, 0.15) is 0 Å². The summed E-state index contributed by atoms with van der Waals surface area (Å²) in [6, 6.07) is 24.3. The van der Waals surface area contributed by atoms with E-state index in [1.807, 2.05) is 0 Å². The molecule has 0 bridgehead atoms. The average molecular weight is 413 g/mol. The average Bonchev–Trinajstić information content (AvgIpc) is 3.38. The highest BCUT2D eigenvalue weighted by molar-refractivity contribution is 6.18. The summed E-state index contributed by atoms with van der Waals surface area (Å²) in [4.78, 5) is 0. The number of para-hydroxylation sites is 2. The summed E-state index contributed by atoms with van der Waals surface area (Å²) in [6.45, 7) is 0. The lowest BCUT2D eigenvalue weighted by Gasteiger charge is -2.16. The summed E-state index contributed by atoms with van der Waals surface area (Å²) >= 11 is 0. The predicted octanol–water partition coefficient (Wildman–Crippen LogP) is 6.28. The Labute approximate surface area is 186 Å². The first-order valence-corrected chi connectivity index (χ1v) is 11.6. The third kappa shape index (κ3) is 2.41. The number of hydrogen-bond acceptors (Lipinski definition) is 0. The minimum Gasteiger partial charge on any atom is -0.311 e. The fourth-order valence-corrected chi connectivity index (χ4v) is 5.65. The maximum Gasteiger partial charge on any atom is 0.0788 e. The molecule has 0 saturated heterocycles. The van der Waals surface area contributed by atoms with E-state index >= 15 is 0 Å². The Morgan fingerprint density at radius 1 is 0.625 bits per heavy atom. The van der Waals surface area contributed by atoms with Gasteiger partial charge in [0.25, 0.3) is 0 Å². The van der Waals surface area contributed by atoms with Crippen molar-refractivity contribution in [2.24, 2.45) is 0 Å². The molecule has 2 aliphatic rings. The van der Waals surface area contributed by atoms with Crippen molar-refractivity contribution < 1.29 is 0 Å². The summed E-state index contributed by atoms with van der Waals surface area (Å²) in [6.07, 6.45) is 16.1. The van der Waals surface area contributed by atoms with Gasteiger partial charge in [0.2, 0.25) is 0 Å². The van der Waals surface area contributed by atoms with E-state index in [0.717, 1.165) is 25.7 Å². The molecule has 0 fully saturated rings. The second-order valence-corrected chi connectivity index (χ2v) is 8.79. The Balaban J connectivity index is 1.78. The van der Waals surface area contributed by atoms with Crippen LogP contribution in [0.4, 0.5) is 0 Å². The molecule has 2 heterocycles. The van der Waals surface area contributed by atoms with Crippen LogP contribution >= 0.6 is 0 Å². The van der Waals surface area contributed by atoms with E-state index in [0.29, 0.717) is 0 Å². The quantitative estimate of drug-likeness (QED) is 0.323. The summed E-state index contributed by atoms with van der Waals surface area (Å²) in [5.41, 5.74) is 6.51. The molecule has 0 N–H and O–H groups in total. The van der Waals surface area contributed by atoms with E-state index < -0.39 is 0 Å². The molecule has 0 radical (unpaired) electrons. The summed E-state index contributed by atoms with van der Waals surface area (Å²) < 4.78 is 5.03. The molecule has 0 aliphatic heterocycles. The Morgan fingerprint density at radius 2 is 1.41 bits per heavy atom. The molecule has 0 spiro atoms. The first-order valence-electron chi connectivity index (χ1n) is 11.6. The molecule has 2 aliphatic carbocycles. The second kappa shape index (κ2) is 6.86. The molecule has 0 unspecified atom stereocenters. The molecule has 0 saturated carbocycles. The summed E-state index contributed by atoms with van der Waals surface area (Å²) in [7, 11) is 0. The van der Waals surface area contributed by atoms with Gasteiger partial charge >= 0.3 is 0 Å². The van der Waals surface area contributed by atoms with Gasteiger partial charge in [0, 0.05) is 38.1 Å². The van der Waals surface area contributed by atoms with Crippen molar-refractivity contribution in [3.8, 4) is 5.69 Å². The smallest absolute Gasteiger partial charge is 0.0788 e. The lowest BCUT2D eigenvalue weighted by atomic mass is 10.1. The molecule has 5 aromatic rings. The van der Waals surface area contributed by atoms with Gasteiger partial charge in [-0.1, -0.05) is 72.8 Å². The monoisotopic (exact) mass is 412 g/mol. The van der Waals surface area contributed by atoms with Crippen molar-refractivity contribution in [2.45, 2.75) is 25.7 Å². The second-order valence-electron chi connectivity index (χ2n) is 8.79. The zero-order valence-corrected chi connectivity index (χ0v) is 18.0. The highest BCUT2D eigenvalue weighted by Gasteiger charge is 2.21. The maximum atomic E-state index is 2.56. The third-order valence-corrected chi connectivity index (χ3v) is 6.99. The summed E-state index contributed by atoms with van der Waals surface area (Å²) in [5.74, 6) is 0. The normalized spacial score (nSPS) is 15.6. The van der Waals surface area contributed by atoms with Crippen LogP contribution in [0.15, 0.2) is 85.0 Å². The number of rotatable bonds is 2. The van der Waals surface area contributed by atoms with Gasteiger partial charge in [0.05, 0.1) is 16.6 Å². The number of hydrogen-bond donors (Lipinski definition) is 0. The number of allylic oxidation sites excluding steroid dienone is 4. The Kier molecular flexibility index (Phi) is 3.83. The van der Waals surface area contributed by atoms with E-state index in [1.165, 1.54) is 54.7 Å². The topological polar surface area (TPSA) is 9.86 Å². The number of aromatic nitrogens is 2. The van der Waals surface area contributed by atoms with Crippen LogP contribution in [-0.2, 0) is 0 Å². The van der Waals surface area contributed by atoms with Gasteiger partial charge in [-0.25, -0.2) is 0 Å². The maximum absolute atomic E-state index is 2.56. The molecule has 7 rings (SSSR count). The Hall–Kier alpha value is -3.78. The van der Waals surface area contributed by atoms with Crippen LogP contribution in [0.2, 0.25) is 0 Å². The van der Waals surface area contributed by atoms with Crippen molar-refractivity contribution >= 4 is 50.6 Å². The number of fused-ring (bicyclic) bond motifs is 7. The molecule has 32 heavy (non-hydrogen) atoms. The fraction of sp³-hybridized carbons (Fsp3) is 0.133. The van der Waals surface area contributed by atoms with Gasteiger partial charge < -0.3 is 9.13 Å². The number of nitrogens with zero attached hydrogens (tertiary/aromatic N) is 2. The molecule has 3 aromatic carbocycles. The Bertz CT molecular complexity index is 1710. The van der Waals surface area contributed by atoms with Gasteiger partial charge in [-0.15, -0.1) is 0 Å².